The molecule has 1 aliphatic heterocycles. The molecule has 1 saturated heterocycles. The molecule has 164 valence electrons. The minimum absolute atomic E-state index is 0.317. The molecule has 1 aliphatic rings. The van der Waals surface area contributed by atoms with Gasteiger partial charge in [-0.3, -0.25) is 14.7 Å². The minimum atomic E-state index is -0.325. The van der Waals surface area contributed by atoms with Gasteiger partial charge in [0.15, 0.2) is 0 Å². The van der Waals surface area contributed by atoms with Crippen LogP contribution in [0.1, 0.15) is 28.9 Å². The van der Waals surface area contributed by atoms with Gasteiger partial charge in [0, 0.05) is 35.4 Å². The molecule has 0 bridgehead atoms. The van der Waals surface area contributed by atoms with Crippen molar-refractivity contribution in [1.82, 2.24) is 15.3 Å². The van der Waals surface area contributed by atoms with Gasteiger partial charge in [0.1, 0.15) is 5.69 Å². The molecule has 32 heavy (non-hydrogen) atoms. The molecule has 1 fully saturated rings. The summed E-state index contributed by atoms with van der Waals surface area (Å²) in [4.78, 5) is 19.0. The quantitative estimate of drug-likeness (QED) is 0.390. The first-order valence-corrected chi connectivity index (χ1v) is 11.1. The zero-order chi connectivity index (χ0) is 22.2. The molecular weight excluding hydrogens is 422 g/mol. The van der Waals surface area contributed by atoms with E-state index in [9.17, 15) is 4.79 Å². The Morgan fingerprint density at radius 2 is 1.81 bits per heavy atom. The van der Waals surface area contributed by atoms with Gasteiger partial charge in [-0.1, -0.05) is 48.0 Å². The predicted molar refractivity (Wildman–Crippen MR) is 129 cm³/mol. The molecule has 3 aromatic rings. The smallest absolute Gasteiger partial charge is 0.290 e. The van der Waals surface area contributed by atoms with Gasteiger partial charge in [-0.15, -0.1) is 0 Å². The average Bonchev–Trinajstić information content (AvgIpc) is 2.82. The molecule has 1 amide bonds. The third kappa shape index (κ3) is 6.15. The van der Waals surface area contributed by atoms with Gasteiger partial charge >= 0.3 is 0 Å². The lowest BCUT2D eigenvalue weighted by atomic mass is 9.98. The van der Waals surface area contributed by atoms with Crippen LogP contribution in [0.25, 0.3) is 0 Å². The molecule has 0 atom stereocenters. The lowest BCUT2D eigenvalue weighted by Crippen LogP contribution is -2.34. The summed E-state index contributed by atoms with van der Waals surface area (Å²) in [5, 5.41) is 8.26. The average molecular weight is 448 g/mol. The number of likely N-dealkylation sites (tertiary alicyclic amines) is 1. The Bertz CT molecular complexity index is 1060. The monoisotopic (exact) mass is 447 g/mol. The zero-order valence-corrected chi connectivity index (χ0v) is 18.5. The number of hydrazone groups is 1. The van der Waals surface area contributed by atoms with E-state index in [0.717, 1.165) is 54.4 Å². The van der Waals surface area contributed by atoms with E-state index < -0.39 is 0 Å². The Balaban J connectivity index is 1.24. The maximum atomic E-state index is 12.4. The van der Waals surface area contributed by atoms with Crippen molar-refractivity contribution < 1.29 is 4.79 Å². The highest BCUT2D eigenvalue weighted by Crippen LogP contribution is 2.21. The number of halogens is 1. The Labute approximate surface area is 193 Å². The van der Waals surface area contributed by atoms with E-state index in [-0.39, 0.29) is 5.91 Å². The summed E-state index contributed by atoms with van der Waals surface area (Å²) in [6.07, 6.45) is 5.45. The standard InChI is InChI=1S/C25H26ClN5O/c26-23-9-5-4-6-20(23)18-31-14-11-19(12-15-31)17-28-30-25(32)24-16-22(10-13-27-24)29-21-7-2-1-3-8-21/h1-10,13,16-17,19H,11-12,14-15,18H2,(H,27,29)(H,30,32). The van der Waals surface area contributed by atoms with E-state index in [1.54, 1.807) is 12.3 Å². The maximum Gasteiger partial charge on any atom is 0.290 e. The van der Waals surface area contributed by atoms with Crippen LogP contribution in [0.2, 0.25) is 5.02 Å². The molecule has 0 radical (unpaired) electrons. The fraction of sp³-hybridized carbons (Fsp3) is 0.240. The van der Waals surface area contributed by atoms with Gasteiger partial charge in [-0.2, -0.15) is 5.10 Å². The van der Waals surface area contributed by atoms with Crippen molar-refractivity contribution in [2.24, 2.45) is 11.0 Å². The number of hydrogen-bond donors (Lipinski definition) is 2. The van der Waals surface area contributed by atoms with Crippen molar-refractivity contribution in [3.8, 4) is 0 Å². The van der Waals surface area contributed by atoms with Crippen LogP contribution in [0.4, 0.5) is 11.4 Å². The van der Waals surface area contributed by atoms with E-state index in [0.29, 0.717) is 11.6 Å². The van der Waals surface area contributed by atoms with Gasteiger partial charge in [0.2, 0.25) is 0 Å². The Kier molecular flexibility index (Phi) is 7.48. The van der Waals surface area contributed by atoms with Gasteiger partial charge < -0.3 is 5.32 Å². The van der Waals surface area contributed by atoms with Gasteiger partial charge in [0.05, 0.1) is 0 Å². The molecule has 2 aromatic carbocycles. The number of para-hydroxylation sites is 1. The van der Waals surface area contributed by atoms with Crippen LogP contribution >= 0.6 is 11.6 Å². The number of pyridine rings is 1. The van der Waals surface area contributed by atoms with E-state index >= 15 is 0 Å². The molecule has 2 heterocycles. The number of carbonyl (C=O) groups is 1. The first-order chi connectivity index (χ1) is 15.7. The molecule has 6 nitrogen and oxygen atoms in total. The van der Waals surface area contributed by atoms with Crippen LogP contribution in [0, 0.1) is 5.92 Å². The first kappa shape index (κ1) is 22.0. The number of amides is 1. The van der Waals surface area contributed by atoms with E-state index in [2.05, 4.69) is 31.8 Å². The lowest BCUT2D eigenvalue weighted by Gasteiger charge is -2.30. The van der Waals surface area contributed by atoms with Crippen molar-refractivity contribution in [3.05, 3.63) is 89.2 Å². The molecule has 0 saturated carbocycles. The summed E-state index contributed by atoms with van der Waals surface area (Å²) in [6, 6.07) is 21.3. The molecule has 2 N–H and O–H groups in total. The highest BCUT2D eigenvalue weighted by molar-refractivity contribution is 6.31. The molecule has 7 heteroatoms. The molecule has 1 aromatic heterocycles. The SMILES string of the molecule is O=C(NN=CC1CCN(Cc2ccccc2Cl)CC1)c1cc(Nc2ccccc2)ccn1. The molecule has 0 spiro atoms. The van der Waals surface area contributed by atoms with Crippen LogP contribution in [0.15, 0.2) is 78.0 Å². The summed E-state index contributed by atoms with van der Waals surface area (Å²) < 4.78 is 0. The van der Waals surface area contributed by atoms with Crippen LogP contribution in [0.3, 0.4) is 0 Å². The second-order valence-electron chi connectivity index (χ2n) is 7.84. The summed E-state index contributed by atoms with van der Waals surface area (Å²) in [5.41, 5.74) is 5.83. The summed E-state index contributed by atoms with van der Waals surface area (Å²) in [6.45, 7) is 2.81. The topological polar surface area (TPSA) is 69.6 Å². The maximum absolute atomic E-state index is 12.4. The van der Waals surface area contributed by atoms with Crippen LogP contribution in [0.5, 0.6) is 0 Å². The Morgan fingerprint density at radius 3 is 2.59 bits per heavy atom. The van der Waals surface area contributed by atoms with E-state index in [1.165, 1.54) is 0 Å². The number of anilines is 2. The van der Waals surface area contributed by atoms with Crippen molar-refractivity contribution in [1.29, 1.82) is 0 Å². The third-order valence-corrected chi connectivity index (χ3v) is 5.86. The number of rotatable bonds is 7. The molecule has 0 aliphatic carbocycles. The largest absolute Gasteiger partial charge is 0.355 e. The van der Waals surface area contributed by atoms with Gasteiger partial charge in [-0.05, 0) is 67.7 Å². The number of benzene rings is 2. The minimum Gasteiger partial charge on any atom is -0.355 e. The van der Waals surface area contributed by atoms with E-state index in [1.807, 2.05) is 60.8 Å². The number of carbonyl (C=O) groups excluding carboxylic acids is 1. The summed E-state index contributed by atoms with van der Waals surface area (Å²) >= 11 is 6.27. The highest BCUT2D eigenvalue weighted by Gasteiger charge is 2.18. The predicted octanol–water partition coefficient (Wildman–Crippen LogP) is 5.11. The third-order valence-electron chi connectivity index (χ3n) is 5.49. The summed E-state index contributed by atoms with van der Waals surface area (Å²) in [5.74, 6) is 0.0194. The zero-order valence-electron chi connectivity index (χ0n) is 17.7. The number of aromatic nitrogens is 1. The Morgan fingerprint density at radius 1 is 1.06 bits per heavy atom. The highest BCUT2D eigenvalue weighted by atomic mass is 35.5. The van der Waals surface area contributed by atoms with Gasteiger partial charge in [-0.25, -0.2) is 5.43 Å². The van der Waals surface area contributed by atoms with Crippen LogP contribution in [-0.4, -0.2) is 35.1 Å². The van der Waals surface area contributed by atoms with Crippen molar-refractivity contribution in [2.75, 3.05) is 18.4 Å². The Hall–Kier alpha value is -3.22. The van der Waals surface area contributed by atoms with Crippen LogP contribution < -0.4 is 10.7 Å². The fourth-order valence-electron chi connectivity index (χ4n) is 3.71. The van der Waals surface area contributed by atoms with Crippen molar-refractivity contribution >= 4 is 35.1 Å². The van der Waals surface area contributed by atoms with Crippen molar-refractivity contribution in [3.63, 3.8) is 0 Å². The first-order valence-electron chi connectivity index (χ1n) is 10.7. The number of piperidine rings is 1. The fourth-order valence-corrected chi connectivity index (χ4v) is 3.90. The van der Waals surface area contributed by atoms with Crippen LogP contribution in [-0.2, 0) is 6.54 Å². The molecular formula is C25H26ClN5O. The van der Waals surface area contributed by atoms with Crippen molar-refractivity contribution in [2.45, 2.75) is 19.4 Å². The molecule has 0 unspecified atom stereocenters. The normalized spacial score (nSPS) is 15.0. The number of nitrogens with one attached hydrogen (secondary N) is 2. The lowest BCUT2D eigenvalue weighted by molar-refractivity contribution is 0.0950. The second-order valence-corrected chi connectivity index (χ2v) is 8.25. The second kappa shape index (κ2) is 10.9. The van der Waals surface area contributed by atoms with Gasteiger partial charge in [0.25, 0.3) is 5.91 Å². The van der Waals surface area contributed by atoms with E-state index in [4.69, 9.17) is 11.6 Å². The number of hydrogen-bond acceptors (Lipinski definition) is 5. The summed E-state index contributed by atoms with van der Waals surface area (Å²) in [7, 11) is 0. The number of nitrogens with zero attached hydrogens (tertiary/aromatic N) is 3. The molecule has 4 rings (SSSR count).